The third-order valence-electron chi connectivity index (χ3n) is 4.49. The Morgan fingerprint density at radius 3 is 2.54 bits per heavy atom. The van der Waals surface area contributed by atoms with E-state index in [0.29, 0.717) is 29.2 Å². The fraction of sp³-hybridized carbons (Fsp3) is 0.211. The number of nitrogens with zero attached hydrogens (tertiary/aromatic N) is 3. The van der Waals surface area contributed by atoms with Gasteiger partial charge in [0.2, 0.25) is 21.7 Å². The van der Waals surface area contributed by atoms with Gasteiger partial charge in [-0.25, -0.2) is 8.42 Å². The second kappa shape index (κ2) is 7.46. The minimum absolute atomic E-state index is 0.0730. The average molecular weight is 418 g/mol. The van der Waals surface area contributed by atoms with E-state index in [9.17, 15) is 13.2 Å². The number of ketones is 1. The first-order valence-corrected chi connectivity index (χ1v) is 10.5. The topological polar surface area (TPSA) is 93.4 Å². The SMILES string of the molecule is O=C(c1cccc(Cl)c1)c1nnc(-c2cccc(S(=O)(=O)N3CCCC3)c2)o1. The van der Waals surface area contributed by atoms with E-state index >= 15 is 0 Å². The van der Waals surface area contributed by atoms with Crippen molar-refractivity contribution in [1.82, 2.24) is 14.5 Å². The van der Waals surface area contributed by atoms with Crippen LogP contribution in [0.15, 0.2) is 57.8 Å². The van der Waals surface area contributed by atoms with E-state index in [-0.39, 0.29) is 16.7 Å². The van der Waals surface area contributed by atoms with Gasteiger partial charge in [-0.1, -0.05) is 29.8 Å². The maximum atomic E-state index is 12.7. The lowest BCUT2D eigenvalue weighted by Gasteiger charge is -2.15. The first-order chi connectivity index (χ1) is 13.4. The van der Waals surface area contributed by atoms with Gasteiger partial charge in [0.05, 0.1) is 4.90 Å². The van der Waals surface area contributed by atoms with Gasteiger partial charge < -0.3 is 4.42 Å². The van der Waals surface area contributed by atoms with Crippen LogP contribution in [-0.2, 0) is 10.0 Å². The average Bonchev–Trinajstić information content (AvgIpc) is 3.40. The summed E-state index contributed by atoms with van der Waals surface area (Å²) in [5, 5.41) is 8.12. The summed E-state index contributed by atoms with van der Waals surface area (Å²) in [6.07, 6.45) is 1.72. The number of hydrogen-bond acceptors (Lipinski definition) is 6. The van der Waals surface area contributed by atoms with E-state index in [1.54, 1.807) is 30.3 Å². The van der Waals surface area contributed by atoms with Gasteiger partial charge in [0, 0.05) is 29.2 Å². The molecular weight excluding hydrogens is 402 g/mol. The van der Waals surface area contributed by atoms with Crippen molar-refractivity contribution in [2.45, 2.75) is 17.7 Å². The molecule has 2 heterocycles. The minimum Gasteiger partial charge on any atom is -0.413 e. The largest absolute Gasteiger partial charge is 0.413 e. The van der Waals surface area contributed by atoms with Gasteiger partial charge >= 0.3 is 0 Å². The van der Waals surface area contributed by atoms with Gasteiger partial charge in [0.15, 0.2) is 0 Å². The molecule has 0 saturated carbocycles. The highest BCUT2D eigenvalue weighted by Crippen LogP contribution is 2.26. The zero-order chi connectivity index (χ0) is 19.7. The molecule has 1 aromatic heterocycles. The van der Waals surface area contributed by atoms with Crippen LogP contribution < -0.4 is 0 Å². The van der Waals surface area contributed by atoms with Gasteiger partial charge in [-0.15, -0.1) is 10.2 Å². The minimum atomic E-state index is -3.56. The molecule has 7 nitrogen and oxygen atoms in total. The molecule has 144 valence electrons. The monoisotopic (exact) mass is 417 g/mol. The molecule has 0 radical (unpaired) electrons. The predicted molar refractivity (Wildman–Crippen MR) is 103 cm³/mol. The Kier molecular flexibility index (Phi) is 5.01. The highest BCUT2D eigenvalue weighted by atomic mass is 35.5. The summed E-state index contributed by atoms with van der Waals surface area (Å²) < 4.78 is 32.4. The van der Waals surface area contributed by atoms with Gasteiger partial charge in [-0.05, 0) is 43.2 Å². The molecule has 0 atom stereocenters. The van der Waals surface area contributed by atoms with Crippen molar-refractivity contribution in [1.29, 1.82) is 0 Å². The van der Waals surface area contributed by atoms with Crippen LogP contribution in [0.3, 0.4) is 0 Å². The maximum absolute atomic E-state index is 12.7. The lowest BCUT2D eigenvalue weighted by atomic mass is 10.1. The molecule has 0 spiro atoms. The number of hydrogen-bond donors (Lipinski definition) is 0. The van der Waals surface area contributed by atoms with Gasteiger partial charge in [0.25, 0.3) is 5.89 Å². The highest BCUT2D eigenvalue weighted by Gasteiger charge is 2.28. The smallest absolute Gasteiger partial charge is 0.289 e. The number of carbonyl (C=O) groups is 1. The Balaban J connectivity index is 1.63. The van der Waals surface area contributed by atoms with E-state index in [1.807, 2.05) is 0 Å². The molecule has 9 heteroatoms. The molecule has 1 aliphatic heterocycles. The fourth-order valence-electron chi connectivity index (χ4n) is 3.05. The standard InChI is InChI=1S/C19H16ClN3O4S/c20-15-7-3-5-13(11-15)17(24)19-22-21-18(27-19)14-6-4-8-16(12-14)28(25,26)23-9-1-2-10-23/h3-8,11-12H,1-2,9-10H2. The van der Waals surface area contributed by atoms with Crippen molar-refractivity contribution in [2.75, 3.05) is 13.1 Å². The molecule has 28 heavy (non-hydrogen) atoms. The molecule has 1 fully saturated rings. The van der Waals surface area contributed by atoms with Crippen LogP contribution in [0.5, 0.6) is 0 Å². The molecule has 2 aromatic carbocycles. The molecule has 0 amide bonds. The summed E-state index contributed by atoms with van der Waals surface area (Å²) in [5.74, 6) is -0.573. The summed E-state index contributed by atoms with van der Waals surface area (Å²) in [6.45, 7) is 1.04. The maximum Gasteiger partial charge on any atom is 0.289 e. The van der Waals surface area contributed by atoms with Crippen LogP contribution >= 0.6 is 11.6 Å². The van der Waals surface area contributed by atoms with E-state index in [4.69, 9.17) is 16.0 Å². The molecule has 1 saturated heterocycles. The zero-order valence-corrected chi connectivity index (χ0v) is 16.3. The third kappa shape index (κ3) is 3.58. The van der Waals surface area contributed by atoms with Crippen molar-refractivity contribution in [3.05, 3.63) is 65.0 Å². The van der Waals surface area contributed by atoms with Gasteiger partial charge in [-0.2, -0.15) is 4.31 Å². The van der Waals surface area contributed by atoms with E-state index in [2.05, 4.69) is 10.2 Å². The molecule has 3 aromatic rings. The fourth-order valence-corrected chi connectivity index (χ4v) is 4.81. The predicted octanol–water partition coefficient (Wildman–Crippen LogP) is 3.41. The molecule has 0 N–H and O–H groups in total. The van der Waals surface area contributed by atoms with Crippen molar-refractivity contribution in [2.24, 2.45) is 0 Å². The Hall–Kier alpha value is -2.55. The van der Waals surface area contributed by atoms with Crippen LogP contribution in [0, 0.1) is 0 Å². The Morgan fingerprint density at radius 2 is 1.79 bits per heavy atom. The van der Waals surface area contributed by atoms with Gasteiger partial charge in [-0.3, -0.25) is 4.79 Å². The van der Waals surface area contributed by atoms with Gasteiger partial charge in [0.1, 0.15) is 0 Å². The number of aromatic nitrogens is 2. The number of sulfonamides is 1. The summed E-state index contributed by atoms with van der Waals surface area (Å²) >= 11 is 5.91. The molecule has 0 unspecified atom stereocenters. The molecule has 1 aliphatic rings. The molecule has 4 rings (SSSR count). The summed E-state index contributed by atoms with van der Waals surface area (Å²) in [5.41, 5.74) is 0.756. The van der Waals surface area contributed by atoms with Crippen molar-refractivity contribution < 1.29 is 17.6 Å². The third-order valence-corrected chi connectivity index (χ3v) is 6.62. The zero-order valence-electron chi connectivity index (χ0n) is 14.7. The lowest BCUT2D eigenvalue weighted by molar-refractivity contribution is 0.100. The Morgan fingerprint density at radius 1 is 1.04 bits per heavy atom. The summed E-state index contributed by atoms with van der Waals surface area (Å²) in [7, 11) is -3.56. The van der Waals surface area contributed by atoms with Crippen LogP contribution in [0.4, 0.5) is 0 Å². The summed E-state index contributed by atoms with van der Waals surface area (Å²) in [4.78, 5) is 12.6. The summed E-state index contributed by atoms with van der Waals surface area (Å²) in [6, 6.07) is 12.7. The van der Waals surface area contributed by atoms with E-state index < -0.39 is 15.8 Å². The van der Waals surface area contributed by atoms with Crippen LogP contribution in [0.2, 0.25) is 5.02 Å². The van der Waals surface area contributed by atoms with E-state index in [1.165, 1.54) is 22.5 Å². The lowest BCUT2D eigenvalue weighted by Crippen LogP contribution is -2.27. The molecular formula is C19H16ClN3O4S. The Bertz CT molecular complexity index is 1140. The normalized spacial score (nSPS) is 15.0. The number of halogens is 1. The van der Waals surface area contributed by atoms with Crippen LogP contribution in [-0.4, -0.2) is 41.8 Å². The number of carbonyl (C=O) groups excluding carboxylic acids is 1. The second-order valence-electron chi connectivity index (χ2n) is 6.39. The number of benzene rings is 2. The van der Waals surface area contributed by atoms with Crippen molar-refractivity contribution in [3.8, 4) is 11.5 Å². The Labute approximate surface area is 167 Å². The highest BCUT2D eigenvalue weighted by molar-refractivity contribution is 7.89. The molecule has 0 bridgehead atoms. The first-order valence-electron chi connectivity index (χ1n) is 8.69. The van der Waals surface area contributed by atoms with Crippen molar-refractivity contribution in [3.63, 3.8) is 0 Å². The van der Waals surface area contributed by atoms with Crippen LogP contribution in [0.25, 0.3) is 11.5 Å². The first kappa shape index (κ1) is 18.8. The second-order valence-corrected chi connectivity index (χ2v) is 8.77. The van der Waals surface area contributed by atoms with E-state index in [0.717, 1.165) is 12.8 Å². The molecule has 0 aliphatic carbocycles. The van der Waals surface area contributed by atoms with Crippen molar-refractivity contribution >= 4 is 27.4 Å². The quantitative estimate of drug-likeness (QED) is 0.590. The number of rotatable bonds is 5. The van der Waals surface area contributed by atoms with Crippen LogP contribution in [0.1, 0.15) is 29.1 Å².